The quantitative estimate of drug-likeness (QED) is 0.697. The van der Waals surface area contributed by atoms with Gasteiger partial charge in [-0.2, -0.15) is 0 Å². The Morgan fingerprint density at radius 1 is 1.11 bits per heavy atom. The van der Waals surface area contributed by atoms with E-state index in [2.05, 4.69) is 10.0 Å². The molecule has 2 aromatic rings. The van der Waals surface area contributed by atoms with Crippen molar-refractivity contribution in [3.8, 4) is 5.75 Å². The zero-order chi connectivity index (χ0) is 20.0. The second-order valence-corrected chi connectivity index (χ2v) is 8.77. The molecule has 1 atom stereocenters. The number of hydrogen-bond donors (Lipinski definition) is 2. The van der Waals surface area contributed by atoms with E-state index in [0.717, 1.165) is 16.9 Å². The van der Waals surface area contributed by atoms with E-state index < -0.39 is 10.0 Å². The molecule has 2 aromatic carbocycles. The Labute approximate surface area is 166 Å². The topological polar surface area (TPSA) is 84.5 Å². The summed E-state index contributed by atoms with van der Waals surface area (Å²) >= 11 is 0. The number of aryl methyl sites for hydroxylation is 1. The summed E-state index contributed by atoms with van der Waals surface area (Å²) in [6, 6.07) is 14.5. The minimum atomic E-state index is -3.52. The molecule has 7 heteroatoms. The van der Waals surface area contributed by atoms with Crippen LogP contribution < -0.4 is 14.8 Å². The number of para-hydroxylation sites is 1. The second kappa shape index (κ2) is 9.21. The first-order valence-electron chi connectivity index (χ1n) is 9.50. The van der Waals surface area contributed by atoms with Crippen molar-refractivity contribution < 1.29 is 17.9 Å². The van der Waals surface area contributed by atoms with Gasteiger partial charge in [-0.25, -0.2) is 13.1 Å². The fourth-order valence-corrected chi connectivity index (χ4v) is 4.24. The van der Waals surface area contributed by atoms with E-state index in [-0.39, 0.29) is 23.3 Å². The van der Waals surface area contributed by atoms with Crippen LogP contribution in [0.2, 0.25) is 0 Å². The first-order valence-corrected chi connectivity index (χ1v) is 11.0. The molecule has 0 radical (unpaired) electrons. The third-order valence-electron chi connectivity index (χ3n) is 4.81. The van der Waals surface area contributed by atoms with Gasteiger partial charge >= 0.3 is 0 Å². The minimum absolute atomic E-state index is 0.0123. The maximum atomic E-state index is 12.5. The lowest BCUT2D eigenvalue weighted by Gasteiger charge is -2.14. The maximum Gasteiger partial charge on any atom is 0.240 e. The first-order chi connectivity index (χ1) is 13.5. The second-order valence-electron chi connectivity index (χ2n) is 7.00. The number of nitrogens with one attached hydrogen (secondary N) is 2. The molecular weight excluding hydrogens is 376 g/mol. The van der Waals surface area contributed by atoms with E-state index in [1.807, 2.05) is 31.2 Å². The number of hydrogen-bond acceptors (Lipinski definition) is 4. The van der Waals surface area contributed by atoms with Crippen LogP contribution in [0.25, 0.3) is 0 Å². The highest BCUT2D eigenvalue weighted by Gasteiger charge is 2.23. The molecule has 1 aliphatic heterocycles. The van der Waals surface area contributed by atoms with Crippen molar-refractivity contribution in [2.24, 2.45) is 5.92 Å². The highest BCUT2D eigenvalue weighted by molar-refractivity contribution is 7.89. The Bertz CT molecular complexity index is 910. The molecule has 1 aliphatic rings. The fraction of sp³-hybridized carbons (Fsp3) is 0.381. The maximum absolute atomic E-state index is 12.5. The largest absolute Gasteiger partial charge is 0.493 e. The van der Waals surface area contributed by atoms with Crippen LogP contribution in [-0.4, -0.2) is 34.0 Å². The van der Waals surface area contributed by atoms with Crippen LogP contribution in [0.5, 0.6) is 5.75 Å². The van der Waals surface area contributed by atoms with Crippen molar-refractivity contribution >= 4 is 15.9 Å². The highest BCUT2D eigenvalue weighted by Crippen LogP contribution is 2.26. The summed E-state index contributed by atoms with van der Waals surface area (Å²) in [5, 5.41) is 2.92. The van der Waals surface area contributed by atoms with Crippen LogP contribution in [0, 0.1) is 12.8 Å². The number of rotatable bonds is 7. The van der Waals surface area contributed by atoms with E-state index >= 15 is 0 Å². The van der Waals surface area contributed by atoms with Crippen LogP contribution in [-0.2, 0) is 21.2 Å². The molecule has 0 unspecified atom stereocenters. The molecular formula is C21H26N2O4S. The predicted molar refractivity (Wildman–Crippen MR) is 108 cm³/mol. The van der Waals surface area contributed by atoms with Gasteiger partial charge in [0.25, 0.3) is 0 Å². The van der Waals surface area contributed by atoms with Gasteiger partial charge in [-0.05, 0) is 49.9 Å². The molecule has 0 fully saturated rings. The van der Waals surface area contributed by atoms with Crippen LogP contribution >= 0.6 is 0 Å². The Kier molecular flexibility index (Phi) is 6.70. The fourth-order valence-electron chi connectivity index (χ4n) is 3.17. The van der Waals surface area contributed by atoms with Crippen molar-refractivity contribution in [2.45, 2.75) is 31.1 Å². The summed E-state index contributed by atoms with van der Waals surface area (Å²) in [5.41, 5.74) is 2.05. The predicted octanol–water partition coefficient (Wildman–Crippen LogP) is 2.42. The average Bonchev–Trinajstić information content (AvgIpc) is 2.90. The van der Waals surface area contributed by atoms with Crippen LogP contribution in [0.3, 0.4) is 0 Å². The summed E-state index contributed by atoms with van der Waals surface area (Å²) in [6.07, 6.45) is 1.85. The Balaban J connectivity index is 1.42. The van der Waals surface area contributed by atoms with Gasteiger partial charge in [0, 0.05) is 19.0 Å². The minimum Gasteiger partial charge on any atom is -0.493 e. The average molecular weight is 403 g/mol. The first kappa shape index (κ1) is 20.4. The number of carbonyl (C=O) groups excluding carboxylic acids is 1. The summed E-state index contributed by atoms with van der Waals surface area (Å²) in [4.78, 5) is 12.7. The third-order valence-corrected chi connectivity index (χ3v) is 6.29. The van der Waals surface area contributed by atoms with Crippen molar-refractivity contribution in [2.75, 3.05) is 19.7 Å². The molecule has 0 saturated carbocycles. The van der Waals surface area contributed by atoms with E-state index in [4.69, 9.17) is 4.74 Å². The molecule has 0 aromatic heterocycles. The zero-order valence-electron chi connectivity index (χ0n) is 16.0. The highest BCUT2D eigenvalue weighted by atomic mass is 32.2. The summed E-state index contributed by atoms with van der Waals surface area (Å²) < 4.78 is 32.7. The van der Waals surface area contributed by atoms with E-state index in [1.54, 1.807) is 24.3 Å². The van der Waals surface area contributed by atoms with Gasteiger partial charge < -0.3 is 10.1 Å². The SMILES string of the molecule is Cc1ccc(S(=O)(=O)NCCCNC(=O)[C@@H]2CCOc3ccccc3C2)cc1. The van der Waals surface area contributed by atoms with E-state index in [1.165, 1.54) is 0 Å². The molecule has 28 heavy (non-hydrogen) atoms. The van der Waals surface area contributed by atoms with Gasteiger partial charge in [0.05, 0.1) is 11.5 Å². The Morgan fingerprint density at radius 2 is 1.86 bits per heavy atom. The molecule has 1 heterocycles. The lowest BCUT2D eigenvalue weighted by Crippen LogP contribution is -2.34. The third kappa shape index (κ3) is 5.33. The van der Waals surface area contributed by atoms with E-state index in [0.29, 0.717) is 32.4 Å². The van der Waals surface area contributed by atoms with Crippen LogP contribution in [0.4, 0.5) is 0 Å². The molecule has 2 N–H and O–H groups in total. The normalized spacial score (nSPS) is 16.5. The van der Waals surface area contributed by atoms with Crippen molar-refractivity contribution in [3.63, 3.8) is 0 Å². The number of amides is 1. The number of sulfonamides is 1. The lowest BCUT2D eigenvalue weighted by molar-refractivity contribution is -0.125. The van der Waals surface area contributed by atoms with Crippen molar-refractivity contribution in [1.82, 2.24) is 10.0 Å². The molecule has 6 nitrogen and oxygen atoms in total. The monoisotopic (exact) mass is 402 g/mol. The molecule has 0 bridgehead atoms. The van der Waals surface area contributed by atoms with Gasteiger partial charge in [0.2, 0.25) is 15.9 Å². The van der Waals surface area contributed by atoms with Gasteiger partial charge in [0.15, 0.2) is 0 Å². The van der Waals surface area contributed by atoms with Crippen LogP contribution in [0.1, 0.15) is 24.0 Å². The van der Waals surface area contributed by atoms with E-state index in [9.17, 15) is 13.2 Å². The van der Waals surface area contributed by atoms with Gasteiger partial charge in [-0.15, -0.1) is 0 Å². The molecule has 1 amide bonds. The molecule has 0 spiro atoms. The molecule has 150 valence electrons. The zero-order valence-corrected chi connectivity index (χ0v) is 16.8. The summed E-state index contributed by atoms with van der Waals surface area (Å²) in [5.74, 6) is 0.706. The number of fused-ring (bicyclic) bond motifs is 1. The van der Waals surface area contributed by atoms with Gasteiger partial charge in [-0.3, -0.25) is 4.79 Å². The van der Waals surface area contributed by atoms with Crippen LogP contribution in [0.15, 0.2) is 53.4 Å². The number of benzene rings is 2. The van der Waals surface area contributed by atoms with Crippen molar-refractivity contribution in [1.29, 1.82) is 0 Å². The Morgan fingerprint density at radius 3 is 2.64 bits per heavy atom. The standard InChI is InChI=1S/C21H26N2O4S/c1-16-7-9-19(10-8-16)28(25,26)23-13-4-12-22-21(24)18-11-14-27-20-6-3-2-5-17(20)15-18/h2-3,5-10,18,23H,4,11-15H2,1H3,(H,22,24)/t18-/m1/s1. The van der Waals surface area contributed by atoms with Gasteiger partial charge in [-0.1, -0.05) is 35.9 Å². The number of carbonyl (C=O) groups is 1. The molecule has 0 saturated heterocycles. The molecule has 3 rings (SSSR count). The summed E-state index contributed by atoms with van der Waals surface area (Å²) in [6.45, 7) is 3.12. The summed E-state index contributed by atoms with van der Waals surface area (Å²) in [7, 11) is -3.52. The van der Waals surface area contributed by atoms with Gasteiger partial charge in [0.1, 0.15) is 5.75 Å². The number of ether oxygens (including phenoxy) is 1. The Hall–Kier alpha value is -2.38. The van der Waals surface area contributed by atoms with Crippen molar-refractivity contribution in [3.05, 3.63) is 59.7 Å². The molecule has 0 aliphatic carbocycles. The lowest BCUT2D eigenvalue weighted by atomic mass is 9.96. The smallest absolute Gasteiger partial charge is 0.240 e.